The Morgan fingerprint density at radius 2 is 1.76 bits per heavy atom. The van der Waals surface area contributed by atoms with Crippen molar-refractivity contribution in [3.8, 4) is 0 Å². The molecule has 12 heteroatoms. The number of carboxylic acids is 1. The third kappa shape index (κ3) is 8.83. The van der Waals surface area contributed by atoms with Crippen molar-refractivity contribution in [2.24, 2.45) is 11.1 Å². The first-order valence-corrected chi connectivity index (χ1v) is 10.4. The number of rotatable bonds is 11. The lowest BCUT2D eigenvalue weighted by Crippen LogP contribution is -2.63. The van der Waals surface area contributed by atoms with E-state index in [2.05, 4.69) is 10.5 Å². The number of amides is 2. The van der Waals surface area contributed by atoms with Crippen molar-refractivity contribution in [1.29, 1.82) is 0 Å². The number of nitrogens with one attached hydrogen (secondary N) is 1. The fourth-order valence-electron chi connectivity index (χ4n) is 2.97. The van der Waals surface area contributed by atoms with Crippen molar-refractivity contribution >= 4 is 23.8 Å². The Bertz CT molecular complexity index is 790. The molecule has 1 heterocycles. The first kappa shape index (κ1) is 28.1. The Morgan fingerprint density at radius 1 is 1.12 bits per heavy atom. The highest BCUT2D eigenvalue weighted by atomic mass is 16.7. The highest BCUT2D eigenvalue weighted by Crippen LogP contribution is 2.31. The van der Waals surface area contributed by atoms with E-state index >= 15 is 0 Å². The van der Waals surface area contributed by atoms with Crippen LogP contribution in [0.3, 0.4) is 0 Å². The van der Waals surface area contributed by atoms with Gasteiger partial charge in [0.05, 0.1) is 17.8 Å². The van der Waals surface area contributed by atoms with Crippen LogP contribution in [0.4, 0.5) is 0 Å². The number of hydrogen-bond acceptors (Lipinski definition) is 9. The molecule has 1 aliphatic rings. The van der Waals surface area contributed by atoms with Gasteiger partial charge in [-0.25, -0.2) is 9.59 Å². The van der Waals surface area contributed by atoms with Crippen LogP contribution in [0.5, 0.6) is 0 Å². The molecular formula is C21H30N2O10. The molecule has 1 fully saturated rings. The average molecular weight is 470 g/mol. The molecule has 184 valence electrons. The maximum absolute atomic E-state index is 12.2. The van der Waals surface area contributed by atoms with E-state index in [1.165, 1.54) is 0 Å². The van der Waals surface area contributed by atoms with Crippen molar-refractivity contribution < 1.29 is 43.6 Å². The summed E-state index contributed by atoms with van der Waals surface area (Å²) in [7, 11) is 0. The summed E-state index contributed by atoms with van der Waals surface area (Å²) < 4.78 is 17.0. The summed E-state index contributed by atoms with van der Waals surface area (Å²) in [5, 5.41) is 24.1. The molecule has 0 aliphatic carbocycles. The van der Waals surface area contributed by atoms with Crippen LogP contribution in [0.25, 0.3) is 0 Å². The number of carbonyl (C=O) groups excluding carboxylic acids is 3. The number of carbonyl (C=O) groups is 4. The van der Waals surface area contributed by atoms with E-state index in [9.17, 15) is 29.2 Å². The van der Waals surface area contributed by atoms with Gasteiger partial charge < -0.3 is 29.7 Å². The van der Waals surface area contributed by atoms with E-state index in [4.69, 9.17) is 19.3 Å². The normalized spacial score (nSPS) is 25.7. The fourth-order valence-corrected chi connectivity index (χ4v) is 2.97. The molecule has 0 aromatic carbocycles. The van der Waals surface area contributed by atoms with Gasteiger partial charge in [-0.05, 0) is 19.8 Å². The number of ether oxygens (including phenoxy) is 3. The van der Waals surface area contributed by atoms with E-state index in [0.29, 0.717) is 25.0 Å². The molecule has 0 aromatic rings. The first-order valence-electron chi connectivity index (χ1n) is 10.4. The highest BCUT2D eigenvalue weighted by molar-refractivity contribution is 5.97. The van der Waals surface area contributed by atoms with Gasteiger partial charge in [0.15, 0.2) is 6.29 Å². The number of aliphatic carboxylic acids is 1. The maximum atomic E-state index is 12.2. The standard InChI is InChI=1S/C21H30N2O10/c1-5-21(4,6-2)33-20-18(22-14(24)7-8-15(25)23-30)19(29)12(3)13(32-20)11-31-17(28)10-9-16(26)27/h7-10,12-13,18-20,29H,5-6,11H2,1-4H3,(H,22,24)(H,26,27)/b8-7+,10-9+. The number of nitrogens with zero attached hydrogens (tertiary/aromatic N) is 1. The highest BCUT2D eigenvalue weighted by Gasteiger charge is 2.46. The zero-order chi connectivity index (χ0) is 25.2. The summed E-state index contributed by atoms with van der Waals surface area (Å²) in [6.45, 7) is 6.94. The molecule has 5 atom stereocenters. The molecule has 1 aliphatic heterocycles. The van der Waals surface area contributed by atoms with Gasteiger partial charge in [0.25, 0.3) is 0 Å². The van der Waals surface area contributed by atoms with Gasteiger partial charge in [-0.15, -0.1) is 4.91 Å². The third-order valence-corrected chi connectivity index (χ3v) is 5.52. The summed E-state index contributed by atoms with van der Waals surface area (Å²) in [5.74, 6) is -4.77. The van der Waals surface area contributed by atoms with Gasteiger partial charge in [0, 0.05) is 35.4 Å². The SMILES string of the molecule is CCC(C)(CC)OC1OC(COC(=O)/C=C/C(=O)O)C(C)C(O)C1NC(=O)/C=C/C(=O)N=O. The molecule has 0 saturated carbocycles. The molecule has 0 radical (unpaired) electrons. The molecule has 0 spiro atoms. The summed E-state index contributed by atoms with van der Waals surface area (Å²) in [6, 6.07) is -1.05. The first-order chi connectivity index (χ1) is 15.5. The second-order valence-electron chi connectivity index (χ2n) is 7.77. The summed E-state index contributed by atoms with van der Waals surface area (Å²) in [6.07, 6.45) is 0.891. The lowest BCUT2D eigenvalue weighted by atomic mass is 9.88. The minimum Gasteiger partial charge on any atom is -0.478 e. The third-order valence-electron chi connectivity index (χ3n) is 5.52. The molecule has 1 rings (SSSR count). The molecule has 33 heavy (non-hydrogen) atoms. The molecule has 3 N–H and O–H groups in total. The zero-order valence-corrected chi connectivity index (χ0v) is 18.9. The molecule has 2 amide bonds. The fraction of sp³-hybridized carbons (Fsp3) is 0.619. The summed E-state index contributed by atoms with van der Waals surface area (Å²) in [5.41, 5.74) is -0.660. The van der Waals surface area contributed by atoms with Crippen molar-refractivity contribution in [2.75, 3.05) is 6.61 Å². The van der Waals surface area contributed by atoms with Crippen LogP contribution >= 0.6 is 0 Å². The van der Waals surface area contributed by atoms with Gasteiger partial charge in [0.2, 0.25) is 5.91 Å². The molecule has 1 saturated heterocycles. The van der Waals surface area contributed by atoms with Crippen LogP contribution < -0.4 is 5.32 Å². The minimum absolute atomic E-state index is 0.296. The number of nitroso groups, excluding NO2 is 1. The van der Waals surface area contributed by atoms with Crippen LogP contribution in [-0.2, 0) is 33.4 Å². The van der Waals surface area contributed by atoms with Crippen molar-refractivity contribution in [1.82, 2.24) is 5.32 Å². The Balaban J connectivity index is 3.04. The predicted octanol–water partition coefficient (Wildman–Crippen LogP) is 0.822. The van der Waals surface area contributed by atoms with E-state index in [1.807, 2.05) is 20.8 Å². The van der Waals surface area contributed by atoms with Crippen molar-refractivity contribution in [3.63, 3.8) is 0 Å². The number of esters is 1. The van der Waals surface area contributed by atoms with Crippen LogP contribution in [0.1, 0.15) is 40.5 Å². The zero-order valence-electron chi connectivity index (χ0n) is 18.9. The van der Waals surface area contributed by atoms with Gasteiger partial charge in [-0.3, -0.25) is 9.59 Å². The molecule has 0 bridgehead atoms. The van der Waals surface area contributed by atoms with Gasteiger partial charge >= 0.3 is 17.8 Å². The van der Waals surface area contributed by atoms with Crippen molar-refractivity contribution in [3.05, 3.63) is 29.2 Å². The number of aliphatic hydroxyl groups excluding tert-OH is 1. The lowest BCUT2D eigenvalue weighted by Gasteiger charge is -2.46. The molecule has 5 unspecified atom stereocenters. The van der Waals surface area contributed by atoms with E-state index in [-0.39, 0.29) is 6.61 Å². The van der Waals surface area contributed by atoms with E-state index in [1.54, 1.807) is 6.92 Å². The summed E-state index contributed by atoms with van der Waals surface area (Å²) >= 11 is 0. The lowest BCUT2D eigenvalue weighted by molar-refractivity contribution is -0.288. The molecule has 12 nitrogen and oxygen atoms in total. The van der Waals surface area contributed by atoms with Gasteiger partial charge in [-0.2, -0.15) is 0 Å². The minimum atomic E-state index is -1.31. The quantitative estimate of drug-likeness (QED) is 0.222. The second-order valence-corrected chi connectivity index (χ2v) is 7.77. The predicted molar refractivity (Wildman–Crippen MR) is 114 cm³/mol. The Kier molecular flexibility index (Phi) is 11.0. The summed E-state index contributed by atoms with van der Waals surface area (Å²) in [4.78, 5) is 55.6. The van der Waals surface area contributed by atoms with Crippen LogP contribution in [-0.4, -0.2) is 70.7 Å². The molecular weight excluding hydrogens is 440 g/mol. The number of aliphatic hydroxyl groups is 1. The van der Waals surface area contributed by atoms with Crippen LogP contribution in [0.15, 0.2) is 29.5 Å². The average Bonchev–Trinajstić information content (AvgIpc) is 2.79. The Hall–Kier alpha value is -2.96. The van der Waals surface area contributed by atoms with Crippen LogP contribution in [0, 0.1) is 10.8 Å². The second kappa shape index (κ2) is 12.9. The topological polar surface area (TPSA) is 178 Å². The van der Waals surface area contributed by atoms with Crippen molar-refractivity contribution in [2.45, 2.75) is 70.7 Å². The Morgan fingerprint density at radius 3 is 2.30 bits per heavy atom. The van der Waals surface area contributed by atoms with Gasteiger partial charge in [0.1, 0.15) is 12.6 Å². The smallest absolute Gasteiger partial charge is 0.331 e. The number of carboxylic acid groups (broad SMARTS) is 1. The number of hydrogen-bond donors (Lipinski definition) is 3. The maximum Gasteiger partial charge on any atom is 0.331 e. The van der Waals surface area contributed by atoms with Gasteiger partial charge in [-0.1, -0.05) is 20.8 Å². The van der Waals surface area contributed by atoms with E-state index in [0.717, 1.165) is 12.2 Å². The van der Waals surface area contributed by atoms with E-state index < -0.39 is 59.8 Å². The largest absolute Gasteiger partial charge is 0.478 e. The Labute approximate surface area is 190 Å². The molecule has 0 aromatic heterocycles. The monoisotopic (exact) mass is 470 g/mol. The van der Waals surface area contributed by atoms with Crippen LogP contribution in [0.2, 0.25) is 0 Å².